The molecular weight excluding hydrogens is 316 g/mol. The molecule has 134 valence electrons. The number of benzene rings is 1. The minimum Gasteiger partial charge on any atom is -0.493 e. The van der Waals surface area contributed by atoms with Crippen molar-refractivity contribution in [1.29, 1.82) is 0 Å². The number of fused-ring (bicyclic) bond motifs is 2. The highest BCUT2D eigenvalue weighted by Crippen LogP contribution is 2.47. The second-order valence-electron chi connectivity index (χ2n) is 7.56. The first-order chi connectivity index (χ1) is 12.1. The van der Waals surface area contributed by atoms with Gasteiger partial charge in [-0.25, -0.2) is 4.79 Å². The number of nitrogens with one attached hydrogen (secondary N) is 1. The van der Waals surface area contributed by atoms with Gasteiger partial charge in [0.25, 0.3) is 0 Å². The van der Waals surface area contributed by atoms with Crippen molar-refractivity contribution < 1.29 is 9.47 Å². The molecule has 4 unspecified atom stereocenters. The van der Waals surface area contributed by atoms with Crippen LogP contribution in [0, 0.1) is 11.8 Å². The Balaban J connectivity index is 1.53. The van der Waals surface area contributed by atoms with Crippen molar-refractivity contribution in [3.05, 3.63) is 46.6 Å². The summed E-state index contributed by atoms with van der Waals surface area (Å²) >= 11 is 0. The van der Waals surface area contributed by atoms with Crippen molar-refractivity contribution in [2.75, 3.05) is 7.11 Å². The second-order valence-corrected chi connectivity index (χ2v) is 7.56. The smallest absolute Gasteiger partial charge is 0.325 e. The molecular formula is C20H26N2O3. The quantitative estimate of drug-likeness (QED) is 0.873. The third-order valence-electron chi connectivity index (χ3n) is 5.90. The Bertz CT molecular complexity index is 794. The highest BCUT2D eigenvalue weighted by atomic mass is 16.5. The number of hydrogen-bond donors (Lipinski definition) is 1. The van der Waals surface area contributed by atoms with E-state index < -0.39 is 0 Å². The van der Waals surface area contributed by atoms with Crippen molar-refractivity contribution in [2.24, 2.45) is 11.8 Å². The van der Waals surface area contributed by atoms with Gasteiger partial charge in [0.15, 0.2) is 11.5 Å². The van der Waals surface area contributed by atoms with Gasteiger partial charge in [-0.3, -0.25) is 4.57 Å². The largest absolute Gasteiger partial charge is 0.493 e. The number of methoxy groups -OCH3 is 1. The van der Waals surface area contributed by atoms with Gasteiger partial charge in [0, 0.05) is 18.9 Å². The van der Waals surface area contributed by atoms with Gasteiger partial charge in [-0.1, -0.05) is 13.0 Å². The summed E-state index contributed by atoms with van der Waals surface area (Å²) in [5, 5.41) is 0. The molecule has 0 radical (unpaired) electrons. The van der Waals surface area contributed by atoms with Crippen molar-refractivity contribution in [1.82, 2.24) is 9.55 Å². The summed E-state index contributed by atoms with van der Waals surface area (Å²) in [4.78, 5) is 14.4. The zero-order chi connectivity index (χ0) is 17.4. The lowest BCUT2D eigenvalue weighted by molar-refractivity contribution is 0.133. The average Bonchev–Trinajstić information content (AvgIpc) is 3.33. The second kappa shape index (κ2) is 6.62. The van der Waals surface area contributed by atoms with Crippen LogP contribution in [-0.4, -0.2) is 22.8 Å². The van der Waals surface area contributed by atoms with Crippen LogP contribution in [0.25, 0.3) is 0 Å². The van der Waals surface area contributed by atoms with Crippen molar-refractivity contribution in [2.45, 2.75) is 51.2 Å². The molecule has 5 nitrogen and oxygen atoms in total. The molecule has 2 bridgehead atoms. The van der Waals surface area contributed by atoms with Crippen LogP contribution in [0.3, 0.4) is 0 Å². The molecule has 25 heavy (non-hydrogen) atoms. The molecule has 2 aliphatic carbocycles. The fourth-order valence-electron chi connectivity index (χ4n) is 4.48. The van der Waals surface area contributed by atoms with E-state index in [2.05, 4.69) is 24.0 Å². The number of hydrogen-bond acceptors (Lipinski definition) is 3. The normalized spacial score (nSPS) is 25.9. The van der Waals surface area contributed by atoms with Crippen LogP contribution >= 0.6 is 0 Å². The molecule has 5 heteroatoms. The van der Waals surface area contributed by atoms with Gasteiger partial charge in [0.2, 0.25) is 0 Å². The summed E-state index contributed by atoms with van der Waals surface area (Å²) in [5.74, 6) is 3.39. The molecule has 1 N–H and O–H groups in total. The van der Waals surface area contributed by atoms with Gasteiger partial charge in [-0.2, -0.15) is 0 Å². The fraction of sp³-hybridized carbons (Fsp3) is 0.550. The Morgan fingerprint density at radius 2 is 2.16 bits per heavy atom. The third kappa shape index (κ3) is 3.20. The van der Waals surface area contributed by atoms with E-state index in [1.54, 1.807) is 24.1 Å². The molecule has 1 aromatic carbocycles. The zero-order valence-corrected chi connectivity index (χ0v) is 14.9. The predicted molar refractivity (Wildman–Crippen MR) is 96.3 cm³/mol. The lowest BCUT2D eigenvalue weighted by Gasteiger charge is -2.25. The Kier molecular flexibility index (Phi) is 4.32. The van der Waals surface area contributed by atoms with E-state index in [0.29, 0.717) is 18.6 Å². The van der Waals surface area contributed by atoms with E-state index in [1.165, 1.54) is 25.7 Å². The standard InChI is InChI=1S/C20H26N2O3/c1-13(12-22-8-7-21-20(22)23)15-5-6-17(24-2)19(11-15)25-18-10-14-3-4-16(18)9-14/h5-8,11,13-14,16,18H,3-4,9-10,12H2,1-2H3,(H,21,23). The minimum absolute atomic E-state index is 0.0705. The van der Waals surface area contributed by atoms with Gasteiger partial charge in [-0.15, -0.1) is 0 Å². The molecule has 2 aromatic rings. The number of nitrogens with zero attached hydrogens (tertiary/aromatic N) is 1. The topological polar surface area (TPSA) is 56.2 Å². The Morgan fingerprint density at radius 3 is 2.80 bits per heavy atom. The summed E-state index contributed by atoms with van der Waals surface area (Å²) in [7, 11) is 1.69. The first-order valence-electron chi connectivity index (χ1n) is 9.22. The van der Waals surface area contributed by atoms with Crippen molar-refractivity contribution in [3.63, 3.8) is 0 Å². The molecule has 0 aliphatic heterocycles. The van der Waals surface area contributed by atoms with E-state index in [9.17, 15) is 4.79 Å². The van der Waals surface area contributed by atoms with Gasteiger partial charge < -0.3 is 14.5 Å². The van der Waals surface area contributed by atoms with Gasteiger partial charge in [0.05, 0.1) is 7.11 Å². The molecule has 0 amide bonds. The van der Waals surface area contributed by atoms with E-state index in [1.807, 2.05) is 6.07 Å². The van der Waals surface area contributed by atoms with E-state index >= 15 is 0 Å². The molecule has 2 saturated carbocycles. The lowest BCUT2D eigenvalue weighted by Crippen LogP contribution is -2.24. The fourth-order valence-corrected chi connectivity index (χ4v) is 4.48. The van der Waals surface area contributed by atoms with Crippen molar-refractivity contribution in [3.8, 4) is 11.5 Å². The average molecular weight is 342 g/mol. The summed E-state index contributed by atoms with van der Waals surface area (Å²) < 4.78 is 13.6. The van der Waals surface area contributed by atoms with Gasteiger partial charge >= 0.3 is 5.69 Å². The van der Waals surface area contributed by atoms with Crippen LogP contribution < -0.4 is 15.2 Å². The van der Waals surface area contributed by atoms with E-state index in [0.717, 1.165) is 23.0 Å². The summed E-state index contributed by atoms with van der Waals surface area (Å²) in [5.41, 5.74) is 1.09. The summed E-state index contributed by atoms with van der Waals surface area (Å²) in [6.07, 6.45) is 8.94. The maximum Gasteiger partial charge on any atom is 0.325 e. The molecule has 1 aromatic heterocycles. The number of aromatic amines is 1. The zero-order valence-electron chi connectivity index (χ0n) is 14.9. The highest BCUT2D eigenvalue weighted by Gasteiger charge is 2.41. The first-order valence-corrected chi connectivity index (χ1v) is 9.22. The molecule has 0 saturated heterocycles. The number of rotatable bonds is 6. The van der Waals surface area contributed by atoms with Crippen LogP contribution in [-0.2, 0) is 6.54 Å². The van der Waals surface area contributed by atoms with Gasteiger partial charge in [-0.05, 0) is 61.1 Å². The third-order valence-corrected chi connectivity index (χ3v) is 5.90. The van der Waals surface area contributed by atoms with Crippen LogP contribution in [0.4, 0.5) is 0 Å². The molecule has 4 atom stereocenters. The van der Waals surface area contributed by atoms with E-state index in [-0.39, 0.29) is 11.6 Å². The number of H-pyrrole nitrogens is 1. The molecule has 0 spiro atoms. The number of ether oxygens (including phenoxy) is 2. The first kappa shape index (κ1) is 16.3. The maximum absolute atomic E-state index is 11.7. The van der Waals surface area contributed by atoms with E-state index in [4.69, 9.17) is 9.47 Å². The van der Waals surface area contributed by atoms with Gasteiger partial charge in [0.1, 0.15) is 6.10 Å². The SMILES string of the molecule is COc1ccc(C(C)Cn2cc[nH]c2=O)cc1OC1CC2CCC1C2. The highest BCUT2D eigenvalue weighted by molar-refractivity contribution is 5.44. The minimum atomic E-state index is -0.0705. The molecule has 4 rings (SSSR count). The summed E-state index contributed by atoms with van der Waals surface area (Å²) in [6.45, 7) is 2.77. The van der Waals surface area contributed by atoms with Crippen LogP contribution in [0.2, 0.25) is 0 Å². The molecule has 2 fully saturated rings. The number of aromatic nitrogens is 2. The van der Waals surface area contributed by atoms with Crippen LogP contribution in [0.5, 0.6) is 11.5 Å². The van der Waals surface area contributed by atoms with Crippen LogP contribution in [0.1, 0.15) is 44.1 Å². The maximum atomic E-state index is 11.7. The lowest BCUT2D eigenvalue weighted by atomic mass is 9.97. The number of imidazole rings is 1. The molecule has 2 aliphatic rings. The summed E-state index contributed by atoms with van der Waals surface area (Å²) in [6, 6.07) is 6.14. The molecule has 1 heterocycles. The monoisotopic (exact) mass is 342 g/mol. The van der Waals surface area contributed by atoms with Crippen molar-refractivity contribution >= 4 is 0 Å². The Labute approximate surface area is 148 Å². The Hall–Kier alpha value is -2.17. The van der Waals surface area contributed by atoms with Crippen LogP contribution in [0.15, 0.2) is 35.4 Å². The predicted octanol–water partition coefficient (Wildman–Crippen LogP) is 3.56. The Morgan fingerprint density at radius 1 is 1.28 bits per heavy atom.